The molecular formula is C11H15N7O3. The lowest BCUT2D eigenvalue weighted by atomic mass is 10.4. The molecule has 0 saturated carbocycles. The number of anilines is 1. The van der Waals surface area contributed by atoms with Crippen LogP contribution in [0.4, 0.5) is 5.82 Å². The Morgan fingerprint density at radius 3 is 2.90 bits per heavy atom. The van der Waals surface area contributed by atoms with Gasteiger partial charge in [0.15, 0.2) is 5.82 Å². The normalized spacial score (nSPS) is 10.4. The molecule has 2 amide bonds. The summed E-state index contributed by atoms with van der Waals surface area (Å²) in [6.07, 6.45) is 1.56. The highest BCUT2D eigenvalue weighted by atomic mass is 16.5. The predicted octanol–water partition coefficient (Wildman–Crippen LogP) is -1.21. The minimum Gasteiger partial charge on any atom is -0.360 e. The molecule has 0 aliphatic rings. The molecule has 0 fully saturated rings. The Morgan fingerprint density at radius 1 is 1.43 bits per heavy atom. The van der Waals surface area contributed by atoms with Crippen LogP contribution in [0, 0.1) is 6.92 Å². The number of hydrogen-bond acceptors (Lipinski definition) is 7. The number of nitrogens with two attached hydrogens (primary N) is 1. The highest BCUT2D eigenvalue weighted by molar-refractivity contribution is 5.89. The zero-order chi connectivity index (χ0) is 15.2. The maximum absolute atomic E-state index is 11.7. The van der Waals surface area contributed by atoms with E-state index in [2.05, 4.69) is 26.1 Å². The fourth-order valence-corrected chi connectivity index (χ4v) is 1.51. The fraction of sp³-hybridized carbons (Fsp3) is 0.364. The van der Waals surface area contributed by atoms with E-state index >= 15 is 0 Å². The van der Waals surface area contributed by atoms with Gasteiger partial charge in [0.2, 0.25) is 11.8 Å². The van der Waals surface area contributed by atoms with Crippen LogP contribution in [0.1, 0.15) is 11.5 Å². The van der Waals surface area contributed by atoms with Crippen molar-refractivity contribution < 1.29 is 14.1 Å². The number of aromatic nitrogens is 4. The summed E-state index contributed by atoms with van der Waals surface area (Å²) in [4.78, 5) is 22.7. The maximum Gasteiger partial charge on any atom is 0.247 e. The number of nitrogens with zero attached hydrogens (tertiary/aromatic N) is 4. The topological polar surface area (TPSA) is 141 Å². The van der Waals surface area contributed by atoms with E-state index in [9.17, 15) is 9.59 Å². The van der Waals surface area contributed by atoms with Gasteiger partial charge in [0.25, 0.3) is 0 Å². The van der Waals surface area contributed by atoms with Crippen LogP contribution >= 0.6 is 0 Å². The number of carbonyl (C=O) groups excluding carboxylic acids is 2. The van der Waals surface area contributed by atoms with E-state index in [0.29, 0.717) is 17.3 Å². The standard InChI is InChI=1S/C11H15N7O3/c1-7-2-9(16-21-7)14-11(20)6-18-5-8(15-17-18)4-13-10(19)3-12/h2,5H,3-4,6,12H2,1H3,(H,13,19)(H,14,16,20). The van der Waals surface area contributed by atoms with Gasteiger partial charge in [-0.05, 0) is 6.92 Å². The largest absolute Gasteiger partial charge is 0.360 e. The number of rotatable bonds is 6. The third-order valence-corrected chi connectivity index (χ3v) is 2.44. The van der Waals surface area contributed by atoms with Crippen LogP contribution in [0.3, 0.4) is 0 Å². The van der Waals surface area contributed by atoms with E-state index in [0.717, 1.165) is 0 Å². The first-order chi connectivity index (χ1) is 10.1. The third kappa shape index (κ3) is 4.38. The number of aryl methyl sites for hydroxylation is 1. The first kappa shape index (κ1) is 14.7. The van der Waals surface area contributed by atoms with E-state index in [-0.39, 0.29) is 31.4 Å². The Bertz CT molecular complexity index is 633. The zero-order valence-electron chi connectivity index (χ0n) is 11.4. The Hall–Kier alpha value is -2.75. The van der Waals surface area contributed by atoms with Crippen molar-refractivity contribution >= 4 is 17.6 Å². The lowest BCUT2D eigenvalue weighted by Crippen LogP contribution is -2.29. The molecule has 0 bridgehead atoms. The summed E-state index contributed by atoms with van der Waals surface area (Å²) >= 11 is 0. The molecular weight excluding hydrogens is 278 g/mol. The van der Waals surface area contributed by atoms with Crippen LogP contribution < -0.4 is 16.4 Å². The lowest BCUT2D eigenvalue weighted by molar-refractivity contribution is -0.120. The molecule has 10 nitrogen and oxygen atoms in total. The molecule has 0 spiro atoms. The van der Waals surface area contributed by atoms with E-state index in [1.807, 2.05) is 0 Å². The summed E-state index contributed by atoms with van der Waals surface area (Å²) in [6.45, 7) is 1.82. The summed E-state index contributed by atoms with van der Waals surface area (Å²) < 4.78 is 6.19. The molecule has 2 aromatic rings. The molecule has 2 aromatic heterocycles. The molecule has 0 radical (unpaired) electrons. The number of nitrogens with one attached hydrogen (secondary N) is 2. The predicted molar refractivity (Wildman–Crippen MR) is 70.8 cm³/mol. The first-order valence-corrected chi connectivity index (χ1v) is 6.16. The molecule has 10 heteroatoms. The second-order valence-corrected chi connectivity index (χ2v) is 4.26. The molecule has 2 rings (SSSR count). The molecule has 2 heterocycles. The molecule has 0 aromatic carbocycles. The Kier molecular flexibility index (Phi) is 4.61. The Morgan fingerprint density at radius 2 is 2.24 bits per heavy atom. The van der Waals surface area contributed by atoms with Crippen LogP contribution in [-0.2, 0) is 22.7 Å². The molecule has 0 atom stereocenters. The second-order valence-electron chi connectivity index (χ2n) is 4.26. The summed E-state index contributed by atoms with van der Waals surface area (Å²) in [5.74, 6) is 0.339. The Balaban J connectivity index is 1.84. The van der Waals surface area contributed by atoms with Gasteiger partial charge in [-0.2, -0.15) is 0 Å². The fourth-order valence-electron chi connectivity index (χ4n) is 1.51. The van der Waals surface area contributed by atoms with Crippen molar-refractivity contribution in [3.63, 3.8) is 0 Å². The summed E-state index contributed by atoms with van der Waals surface area (Å²) in [5.41, 5.74) is 5.69. The van der Waals surface area contributed by atoms with Crippen LogP contribution in [-0.4, -0.2) is 38.5 Å². The van der Waals surface area contributed by atoms with E-state index in [1.54, 1.807) is 19.2 Å². The van der Waals surface area contributed by atoms with E-state index in [1.165, 1.54) is 4.68 Å². The van der Waals surface area contributed by atoms with Gasteiger partial charge in [0, 0.05) is 6.07 Å². The van der Waals surface area contributed by atoms with E-state index < -0.39 is 0 Å². The van der Waals surface area contributed by atoms with Crippen molar-refractivity contribution in [3.8, 4) is 0 Å². The van der Waals surface area contributed by atoms with Crippen LogP contribution in [0.15, 0.2) is 16.8 Å². The highest BCUT2D eigenvalue weighted by Crippen LogP contribution is 2.06. The maximum atomic E-state index is 11.7. The lowest BCUT2D eigenvalue weighted by Gasteiger charge is -2.00. The van der Waals surface area contributed by atoms with Crippen LogP contribution in [0.25, 0.3) is 0 Å². The van der Waals surface area contributed by atoms with Crippen molar-refractivity contribution in [2.24, 2.45) is 5.73 Å². The van der Waals surface area contributed by atoms with Crippen molar-refractivity contribution in [1.82, 2.24) is 25.5 Å². The van der Waals surface area contributed by atoms with Gasteiger partial charge in [-0.15, -0.1) is 5.10 Å². The molecule has 112 valence electrons. The molecule has 0 aliphatic heterocycles. The Labute approximate surface area is 119 Å². The smallest absolute Gasteiger partial charge is 0.247 e. The van der Waals surface area contributed by atoms with E-state index in [4.69, 9.17) is 10.3 Å². The molecule has 0 aliphatic carbocycles. The average molecular weight is 293 g/mol. The van der Waals surface area contributed by atoms with Gasteiger partial charge >= 0.3 is 0 Å². The SMILES string of the molecule is Cc1cc(NC(=O)Cn2cc(CNC(=O)CN)nn2)no1. The molecule has 0 saturated heterocycles. The average Bonchev–Trinajstić information content (AvgIpc) is 3.05. The van der Waals surface area contributed by atoms with Crippen LogP contribution in [0.5, 0.6) is 0 Å². The van der Waals surface area contributed by atoms with Crippen molar-refractivity contribution in [3.05, 3.63) is 23.7 Å². The summed E-state index contributed by atoms with van der Waals surface area (Å²) in [6, 6.07) is 1.60. The van der Waals surface area contributed by atoms with Crippen molar-refractivity contribution in [2.75, 3.05) is 11.9 Å². The highest BCUT2D eigenvalue weighted by Gasteiger charge is 2.09. The molecule has 21 heavy (non-hydrogen) atoms. The number of amides is 2. The first-order valence-electron chi connectivity index (χ1n) is 6.16. The molecule has 4 N–H and O–H groups in total. The molecule has 0 unspecified atom stereocenters. The van der Waals surface area contributed by atoms with Crippen molar-refractivity contribution in [1.29, 1.82) is 0 Å². The quantitative estimate of drug-likeness (QED) is 0.606. The monoisotopic (exact) mass is 293 g/mol. The van der Waals surface area contributed by atoms with Gasteiger partial charge in [-0.3, -0.25) is 9.59 Å². The van der Waals surface area contributed by atoms with Gasteiger partial charge < -0.3 is 20.9 Å². The summed E-state index contributed by atoms with van der Waals surface area (Å²) in [5, 5.41) is 16.4. The zero-order valence-corrected chi connectivity index (χ0v) is 11.4. The number of carbonyl (C=O) groups is 2. The minimum atomic E-state index is -0.314. The van der Waals surface area contributed by atoms with Gasteiger partial charge in [0.1, 0.15) is 18.0 Å². The van der Waals surface area contributed by atoms with Crippen LogP contribution in [0.2, 0.25) is 0 Å². The second kappa shape index (κ2) is 6.61. The third-order valence-electron chi connectivity index (χ3n) is 2.44. The van der Waals surface area contributed by atoms with Gasteiger partial charge in [0.05, 0.1) is 19.3 Å². The number of hydrogen-bond donors (Lipinski definition) is 3. The van der Waals surface area contributed by atoms with Gasteiger partial charge in [-0.25, -0.2) is 4.68 Å². The van der Waals surface area contributed by atoms with Gasteiger partial charge in [-0.1, -0.05) is 10.4 Å². The van der Waals surface area contributed by atoms with Crippen molar-refractivity contribution in [2.45, 2.75) is 20.0 Å². The minimum absolute atomic E-state index is 0.0241. The summed E-state index contributed by atoms with van der Waals surface area (Å²) in [7, 11) is 0.